The fourth-order valence-electron chi connectivity index (χ4n) is 4.38. The number of Topliss-reactive ketones (excluding diaryl/α,β-unsaturated/α-hetero) is 1. The van der Waals surface area contributed by atoms with Gasteiger partial charge >= 0.3 is 17.9 Å². The number of carbonyl (C=O) groups is 5. The Morgan fingerprint density at radius 3 is 1.90 bits per heavy atom. The van der Waals surface area contributed by atoms with Gasteiger partial charge in [-0.05, 0) is 37.0 Å². The van der Waals surface area contributed by atoms with Crippen molar-refractivity contribution in [3.05, 3.63) is 70.4 Å². The summed E-state index contributed by atoms with van der Waals surface area (Å²) in [6.45, 7) is 9.15. The van der Waals surface area contributed by atoms with Crippen molar-refractivity contribution in [2.45, 2.75) is 19.3 Å². The van der Waals surface area contributed by atoms with E-state index in [9.17, 15) is 29.1 Å². The molecule has 12 nitrogen and oxygen atoms in total. The van der Waals surface area contributed by atoms with Crippen molar-refractivity contribution in [3.8, 4) is 0 Å². The number of ketones is 2. The van der Waals surface area contributed by atoms with Gasteiger partial charge in [0.25, 0.3) is 0 Å². The summed E-state index contributed by atoms with van der Waals surface area (Å²) in [6.07, 6.45) is 3.94. The number of unbranched alkanes of at least 4 members (excludes halogenated alkanes) is 1. The van der Waals surface area contributed by atoms with Crippen LogP contribution in [-0.4, -0.2) is 105 Å². The van der Waals surface area contributed by atoms with Crippen LogP contribution in [0.1, 0.15) is 49.5 Å². The van der Waals surface area contributed by atoms with E-state index in [0.717, 1.165) is 51.4 Å². The van der Waals surface area contributed by atoms with Crippen molar-refractivity contribution in [1.82, 2.24) is 14.7 Å². The van der Waals surface area contributed by atoms with Gasteiger partial charge in [0.05, 0.1) is 35.3 Å². The van der Waals surface area contributed by atoms with E-state index in [1.165, 1.54) is 12.3 Å². The smallest absolute Gasteiger partial charge is 0.336 e. The molecule has 1 aliphatic carbocycles. The second kappa shape index (κ2) is 11.4. The fraction of sp³-hybridized carbons (Fsp3) is 0.370. The van der Waals surface area contributed by atoms with E-state index in [-0.39, 0.29) is 29.1 Å². The Bertz CT molecular complexity index is 1300. The summed E-state index contributed by atoms with van der Waals surface area (Å²) in [5.74, 6) is -4.12. The lowest BCUT2D eigenvalue weighted by molar-refractivity contribution is -0.117. The number of ether oxygens (including phenoxy) is 1. The predicted molar refractivity (Wildman–Crippen MR) is 136 cm³/mol. The Kier molecular flexibility index (Phi) is 8.03. The maximum absolute atomic E-state index is 12.4. The summed E-state index contributed by atoms with van der Waals surface area (Å²) < 4.78 is 4.93. The molecule has 0 saturated carbocycles. The molecule has 5 rings (SSSR count). The zero-order chi connectivity index (χ0) is 28.3. The number of benzene rings is 1. The van der Waals surface area contributed by atoms with Gasteiger partial charge in [0.1, 0.15) is 11.4 Å². The zero-order valence-electron chi connectivity index (χ0n) is 21.2. The first-order valence-corrected chi connectivity index (χ1v) is 12.5. The minimum atomic E-state index is -1.46. The van der Waals surface area contributed by atoms with E-state index >= 15 is 0 Å². The normalized spacial score (nSPS) is 17.2. The molecule has 0 radical (unpaired) electrons. The monoisotopic (exact) mass is 539 g/mol. The van der Waals surface area contributed by atoms with E-state index in [1.54, 1.807) is 0 Å². The number of carboxylic acid groups (broad SMARTS) is 3. The largest absolute Gasteiger partial charge is 0.502 e. The molecule has 0 atom stereocenters. The lowest BCUT2D eigenvalue weighted by Crippen LogP contribution is -2.29. The molecule has 39 heavy (non-hydrogen) atoms. The number of allylic oxidation sites excluding steroid dienone is 1. The van der Waals surface area contributed by atoms with Gasteiger partial charge in [0.15, 0.2) is 0 Å². The highest BCUT2D eigenvalue weighted by Crippen LogP contribution is 2.34. The Hall–Kier alpha value is -4.61. The number of rotatable bonds is 12. The third-order valence-electron chi connectivity index (χ3n) is 6.53. The lowest BCUT2D eigenvalue weighted by atomic mass is 9.92. The molecule has 3 N–H and O–H groups in total. The number of nitrogens with zero attached hydrogens (tertiary/aromatic N) is 3. The van der Waals surface area contributed by atoms with Crippen LogP contribution < -0.4 is 0 Å². The molecule has 1 aromatic carbocycles. The van der Waals surface area contributed by atoms with Crippen LogP contribution in [0.4, 0.5) is 0 Å². The first-order valence-electron chi connectivity index (χ1n) is 12.5. The molecule has 3 fully saturated rings. The van der Waals surface area contributed by atoms with Crippen LogP contribution in [0.15, 0.2) is 48.1 Å². The van der Waals surface area contributed by atoms with E-state index in [1.807, 2.05) is 14.7 Å². The number of carboxylic acids is 3. The molecule has 4 aliphatic rings. The molecular formula is C27H29N3O9. The van der Waals surface area contributed by atoms with Crippen LogP contribution in [0, 0.1) is 0 Å². The van der Waals surface area contributed by atoms with Gasteiger partial charge < -0.3 is 34.8 Å². The average Bonchev–Trinajstić information content (AvgIpc) is 3.74. The molecule has 206 valence electrons. The molecule has 0 aromatic heterocycles. The van der Waals surface area contributed by atoms with Crippen LogP contribution in [0.3, 0.4) is 0 Å². The van der Waals surface area contributed by atoms with Crippen LogP contribution in [-0.2, 0) is 20.7 Å². The van der Waals surface area contributed by atoms with E-state index in [0.29, 0.717) is 36.5 Å². The Morgan fingerprint density at radius 2 is 1.38 bits per heavy atom. The molecule has 12 heteroatoms. The van der Waals surface area contributed by atoms with Crippen molar-refractivity contribution >= 4 is 29.5 Å². The number of hydrogen-bond acceptors (Lipinski definition) is 9. The molecule has 0 amide bonds. The molecular weight excluding hydrogens is 510 g/mol. The van der Waals surface area contributed by atoms with Crippen LogP contribution in [0.2, 0.25) is 0 Å². The van der Waals surface area contributed by atoms with Gasteiger partial charge in [-0.3, -0.25) is 9.59 Å². The van der Waals surface area contributed by atoms with Gasteiger partial charge in [-0.2, -0.15) is 0 Å². The molecule has 1 aromatic rings. The third kappa shape index (κ3) is 6.28. The van der Waals surface area contributed by atoms with E-state index < -0.39 is 29.0 Å². The van der Waals surface area contributed by atoms with Gasteiger partial charge in [-0.1, -0.05) is 6.58 Å². The number of hydrogen-bond donors (Lipinski definition) is 3. The summed E-state index contributed by atoms with van der Waals surface area (Å²) in [7, 11) is 0. The number of aromatic carboxylic acids is 3. The molecule has 0 spiro atoms. The van der Waals surface area contributed by atoms with Gasteiger partial charge in [-0.25, -0.2) is 14.4 Å². The molecule has 0 unspecified atom stereocenters. The van der Waals surface area contributed by atoms with Crippen molar-refractivity contribution < 1.29 is 44.0 Å². The topological polar surface area (TPSA) is 164 Å². The quantitative estimate of drug-likeness (QED) is 0.152. The summed E-state index contributed by atoms with van der Waals surface area (Å²) in [6, 6.07) is 2.12. The minimum absolute atomic E-state index is 0.00546. The summed E-state index contributed by atoms with van der Waals surface area (Å²) in [5.41, 5.74) is 0.801. The van der Waals surface area contributed by atoms with Gasteiger partial charge in [0, 0.05) is 45.3 Å². The first kappa shape index (κ1) is 27.4. The summed E-state index contributed by atoms with van der Waals surface area (Å²) >= 11 is 0. The van der Waals surface area contributed by atoms with Crippen LogP contribution in [0.25, 0.3) is 0 Å². The molecule has 3 saturated heterocycles. The lowest BCUT2D eigenvalue weighted by Gasteiger charge is -2.21. The van der Waals surface area contributed by atoms with Crippen molar-refractivity contribution in [3.63, 3.8) is 0 Å². The Labute approximate surface area is 224 Å². The van der Waals surface area contributed by atoms with Crippen molar-refractivity contribution in [2.24, 2.45) is 0 Å². The first-order chi connectivity index (χ1) is 18.6. The Morgan fingerprint density at radius 1 is 0.821 bits per heavy atom. The highest BCUT2D eigenvalue weighted by Gasteiger charge is 2.43. The maximum atomic E-state index is 12.4. The predicted octanol–water partition coefficient (Wildman–Crippen LogP) is 1.44. The van der Waals surface area contributed by atoms with Gasteiger partial charge in [0.2, 0.25) is 11.6 Å². The van der Waals surface area contributed by atoms with Crippen molar-refractivity contribution in [1.29, 1.82) is 0 Å². The Balaban J connectivity index is 0.000000185. The van der Waals surface area contributed by atoms with Crippen LogP contribution >= 0.6 is 0 Å². The zero-order valence-corrected chi connectivity index (χ0v) is 21.2. The number of carbonyl (C=O) groups excluding carboxylic acids is 2. The van der Waals surface area contributed by atoms with Crippen molar-refractivity contribution in [2.75, 3.05) is 45.9 Å². The molecule has 3 aliphatic heterocycles. The summed E-state index contributed by atoms with van der Waals surface area (Å²) in [4.78, 5) is 64.2. The second-order valence-corrected chi connectivity index (χ2v) is 9.31. The van der Waals surface area contributed by atoms with Gasteiger partial charge in [-0.15, -0.1) is 0 Å². The van der Waals surface area contributed by atoms with Crippen LogP contribution in [0.5, 0.6) is 0 Å². The van der Waals surface area contributed by atoms with E-state index in [4.69, 9.17) is 14.9 Å². The average molecular weight is 540 g/mol. The fourth-order valence-corrected chi connectivity index (χ4v) is 4.38. The highest BCUT2D eigenvalue weighted by atomic mass is 16.5. The minimum Gasteiger partial charge on any atom is -0.502 e. The standard InChI is InChI=1S/C15H16O7.C12H13N3O2/c1-2-22-8-4-3-5-9-10(13(16)17)6-7-11(14(18)19)12(9)15(20)21;16-9-7-8(13-1-2-13)12(17)11(15-5-6-15)10(9)14-3-4-14/h2,6-7H,1,3-5,8H2,(H,16,17)(H,18,19)(H,20,21);7H,1-6H2. The molecule has 3 heterocycles. The second-order valence-electron chi connectivity index (χ2n) is 9.31. The molecule has 0 bridgehead atoms. The highest BCUT2D eigenvalue weighted by molar-refractivity contribution is 6.22. The third-order valence-corrected chi connectivity index (χ3v) is 6.53. The SMILES string of the molecule is C=COCCCCc1c(C(=O)O)ccc(C(=O)O)c1C(=O)O.O=C1C=C(N2CC2)C(=O)C(N2CC2)=C1N1CC1. The van der Waals surface area contributed by atoms with E-state index in [2.05, 4.69) is 6.58 Å². The maximum Gasteiger partial charge on any atom is 0.336 e. The summed E-state index contributed by atoms with van der Waals surface area (Å²) in [5, 5.41) is 27.5.